The summed E-state index contributed by atoms with van der Waals surface area (Å²) >= 11 is 8.93. The Bertz CT molecular complexity index is 4260. The Hall–Kier alpha value is -11.5. The van der Waals surface area contributed by atoms with Crippen LogP contribution < -0.4 is 136 Å². The van der Waals surface area contributed by atoms with E-state index in [0.29, 0.717) is 50.6 Å². The summed E-state index contributed by atoms with van der Waals surface area (Å²) in [4.78, 5) is 257. The fourth-order valence-electron chi connectivity index (χ4n) is 15.2. The topological polar surface area (TPSA) is 818 Å². The minimum Gasteiger partial charge on any atom is -0.508 e. The SMILES string of the molecule is CCCC[C@H](NC(=O)[C@H](CCCNC(=N)N)NC(=O)[C@H](CCN)NC(=O)[C@H](CS)NC(=O)[C@H](CCCCN)NC(=O)[C@@H](CCN)NC(=O)[C@@H](NC(=O)[C@H](CCN)NC(=O)[C@H](CCCNC(=N)N)NC(=O)[C@H](CC(N)=O)NC(=O)[C@@H](NC(=O)[C@H](Cc1ccc(O)cc1)NC(=O)[C@@H](NC(=O)[C@@H](NC(=O)[C@@H]1CCCN1C(=O)[C@@H](NC(=O)[C@@H]1CCCN1)C(C)C)[C@@H](C)CC)[C@@H](C)CC)C(C)(C)S)[C@@H](C)O)C(=O)O. The molecule has 1 aromatic rings. The zero-order valence-electron chi connectivity index (χ0n) is 81.2. The van der Waals surface area contributed by atoms with Crippen molar-refractivity contribution in [3.63, 3.8) is 0 Å². The number of carbonyl (C=O) groups excluding carboxylic acids is 17. The highest BCUT2D eigenvalue weighted by Gasteiger charge is 2.45. The van der Waals surface area contributed by atoms with E-state index in [1.165, 1.54) is 43.0 Å². The first-order valence-electron chi connectivity index (χ1n) is 47.4. The fraction of sp³-hybridized carbons (Fsp3) is 0.705. The third-order valence-corrected chi connectivity index (χ3v) is 24.4. The maximum Gasteiger partial charge on any atom is 0.326 e. The Labute approximate surface area is 821 Å². The van der Waals surface area contributed by atoms with Crippen LogP contribution in [-0.2, 0) is 92.7 Å². The third-order valence-electron chi connectivity index (χ3n) is 23.8. The monoisotopic (exact) mass is 2000 g/mol. The molecule has 2 aliphatic heterocycles. The van der Waals surface area contributed by atoms with E-state index in [4.69, 9.17) is 51.0 Å². The number of rotatable bonds is 65. The van der Waals surface area contributed by atoms with Crippen molar-refractivity contribution in [1.29, 1.82) is 10.8 Å². The molecule has 0 aromatic heterocycles. The van der Waals surface area contributed by atoms with Crippen LogP contribution in [0.15, 0.2) is 24.3 Å². The first-order valence-corrected chi connectivity index (χ1v) is 48.5. The predicted octanol–water partition coefficient (Wildman–Crippen LogP) is -7.43. The van der Waals surface area contributed by atoms with Crippen molar-refractivity contribution >= 4 is 144 Å². The number of nitrogens with zero attached hydrogens (tertiary/aromatic N) is 1. The molecular weight excluding hydrogens is 1850 g/mol. The van der Waals surface area contributed by atoms with Gasteiger partial charge >= 0.3 is 5.97 Å². The van der Waals surface area contributed by atoms with Gasteiger partial charge in [0.2, 0.25) is 100 Å². The molecule has 2 saturated heterocycles. The maximum atomic E-state index is 15.1. The van der Waals surface area contributed by atoms with Crippen LogP contribution in [0.25, 0.3) is 0 Å². The summed E-state index contributed by atoms with van der Waals surface area (Å²) in [5.41, 5.74) is 40.6. The number of carboxylic acid groups (broad SMARTS) is 1. The molecule has 2 aliphatic rings. The number of hydrogen-bond acceptors (Lipinski definition) is 29. The molecule has 51 heteroatoms. The smallest absolute Gasteiger partial charge is 0.326 e. The maximum absolute atomic E-state index is 15.1. The molecule has 0 aliphatic carbocycles. The van der Waals surface area contributed by atoms with E-state index < -0.39 is 250 Å². The number of likely N-dealkylation sites (tertiary alicyclic amines) is 1. The number of phenolic OH excluding ortho intramolecular Hbond substituents is 1. The zero-order valence-corrected chi connectivity index (χ0v) is 83.0. The zero-order chi connectivity index (χ0) is 105. The normalized spacial score (nSPS) is 17.4. The number of guanidine groups is 2. The minimum atomic E-state index is -1.98. The molecule has 0 spiro atoms. The van der Waals surface area contributed by atoms with Gasteiger partial charge in [0.1, 0.15) is 102 Å². The molecule has 3 rings (SSSR count). The van der Waals surface area contributed by atoms with Crippen molar-refractivity contribution in [2.24, 2.45) is 57.9 Å². The fourth-order valence-corrected chi connectivity index (χ4v) is 15.7. The van der Waals surface area contributed by atoms with Crippen molar-refractivity contribution in [2.45, 2.75) is 318 Å². The van der Waals surface area contributed by atoms with Crippen molar-refractivity contribution in [3.05, 3.63) is 29.8 Å². The van der Waals surface area contributed by atoms with Gasteiger partial charge in [-0.1, -0.05) is 86.3 Å². The Kier molecular flexibility index (Phi) is 54.7. The molecule has 20 atom stereocenters. The molecular formula is C88H154N28O21S2. The summed E-state index contributed by atoms with van der Waals surface area (Å²) in [5, 5.41) is 93.2. The quantitative estimate of drug-likeness (QED) is 0.0125. The molecule has 1 aromatic carbocycles. The van der Waals surface area contributed by atoms with E-state index in [-0.39, 0.29) is 146 Å². The van der Waals surface area contributed by atoms with Crippen LogP contribution in [0.3, 0.4) is 0 Å². The second-order valence-electron chi connectivity index (χ2n) is 35.9. The van der Waals surface area contributed by atoms with Gasteiger partial charge in [-0.3, -0.25) is 92.3 Å². The summed E-state index contributed by atoms with van der Waals surface area (Å²) in [6.45, 7) is 16.3. The number of phenols is 1. The van der Waals surface area contributed by atoms with Crippen LogP contribution in [-0.4, -0.2) is 310 Å². The number of thiol groups is 2. The molecule has 17 amide bonds. The summed E-state index contributed by atoms with van der Waals surface area (Å²) in [5.74, 6) is -20.4. The van der Waals surface area contributed by atoms with Crippen molar-refractivity contribution in [3.8, 4) is 5.75 Å². The number of aliphatic hydroxyl groups excluding tert-OH is 1. The number of aromatic hydroxyl groups is 1. The molecule has 49 nitrogen and oxygen atoms in total. The Balaban J connectivity index is 1.95. The second-order valence-corrected chi connectivity index (χ2v) is 37.5. The van der Waals surface area contributed by atoms with E-state index >= 15 is 4.79 Å². The van der Waals surface area contributed by atoms with Crippen molar-refractivity contribution in [1.82, 2.24) is 101 Å². The lowest BCUT2D eigenvalue weighted by Gasteiger charge is -2.34. The van der Waals surface area contributed by atoms with Gasteiger partial charge in [-0.15, -0.1) is 0 Å². The number of aliphatic carboxylic acids is 1. The minimum absolute atomic E-state index is 0.0707. The summed E-state index contributed by atoms with van der Waals surface area (Å²) in [7, 11) is 0. The number of primary amides is 1. The molecule has 784 valence electrons. The summed E-state index contributed by atoms with van der Waals surface area (Å²) in [6.07, 6.45) is -0.147. The molecule has 0 bridgehead atoms. The van der Waals surface area contributed by atoms with E-state index in [1.54, 1.807) is 41.5 Å². The van der Waals surface area contributed by atoms with Gasteiger partial charge in [-0.25, -0.2) is 4.79 Å². The lowest BCUT2D eigenvalue weighted by Crippen LogP contribution is -2.64. The van der Waals surface area contributed by atoms with Crippen LogP contribution in [0.4, 0.5) is 0 Å². The average molecular weight is 2000 g/mol. The molecule has 0 saturated carbocycles. The first kappa shape index (κ1) is 122. The highest BCUT2D eigenvalue weighted by molar-refractivity contribution is 7.81. The van der Waals surface area contributed by atoms with E-state index in [2.05, 4.69) is 121 Å². The van der Waals surface area contributed by atoms with Gasteiger partial charge in [0.25, 0.3) is 0 Å². The Morgan fingerprint density at radius 2 is 0.856 bits per heavy atom. The lowest BCUT2D eigenvalue weighted by atomic mass is 9.94. The number of carbonyl (C=O) groups is 18. The molecule has 2 heterocycles. The van der Waals surface area contributed by atoms with Gasteiger partial charge in [-0.2, -0.15) is 25.3 Å². The Morgan fingerprint density at radius 1 is 0.460 bits per heavy atom. The van der Waals surface area contributed by atoms with Crippen molar-refractivity contribution < 1.29 is 102 Å². The van der Waals surface area contributed by atoms with E-state index in [1.807, 2.05) is 6.92 Å². The summed E-state index contributed by atoms with van der Waals surface area (Å²) in [6, 6.07) is -19.2. The molecule has 2 fully saturated rings. The van der Waals surface area contributed by atoms with E-state index in [9.17, 15) is 96.8 Å². The number of nitrogens with two attached hydrogens (primary N) is 7. The number of benzene rings is 1. The van der Waals surface area contributed by atoms with Crippen LogP contribution in [0, 0.1) is 28.6 Å². The number of hydrogen-bond donors (Lipinski definition) is 32. The summed E-state index contributed by atoms with van der Waals surface area (Å²) < 4.78 is -1.60. The number of nitrogens with one attached hydrogen (secondary N) is 20. The number of unbranched alkanes of at least 4 members (excludes halogenated alkanes) is 2. The van der Waals surface area contributed by atoms with Gasteiger partial charge in [0, 0.05) is 36.6 Å². The average Bonchev–Trinajstić information content (AvgIpc) is 1.73. The number of aliphatic hydroxyl groups is 1. The van der Waals surface area contributed by atoms with Gasteiger partial charge in [0.05, 0.1) is 18.6 Å². The predicted molar refractivity (Wildman–Crippen MR) is 522 cm³/mol. The number of carboxylic acids is 1. The highest BCUT2D eigenvalue weighted by Crippen LogP contribution is 2.25. The molecule has 0 radical (unpaired) electrons. The lowest BCUT2D eigenvalue weighted by molar-refractivity contribution is -0.143. The van der Waals surface area contributed by atoms with Crippen LogP contribution in [0.1, 0.15) is 203 Å². The second kappa shape index (κ2) is 62.5. The van der Waals surface area contributed by atoms with Crippen LogP contribution >= 0.6 is 25.3 Å². The highest BCUT2D eigenvalue weighted by atomic mass is 32.1. The molecule has 37 N–H and O–H groups in total. The molecule has 139 heavy (non-hydrogen) atoms. The van der Waals surface area contributed by atoms with Gasteiger partial charge < -0.3 is 156 Å². The molecule has 0 unspecified atom stereocenters. The standard InChI is InChI=1S/C88H154N28O21S2/c1-11-14-21-58(85(136)137)107-71(122)54(25-19-40-100-87(96)97)102-73(124)55(31-35-90)105-78(129)61(44-138)110-72(123)52(22-15-16-34-89)101-74(125)56(32-36-91)106-82(133)67(48(8)117)114-75(126)57(33-37-92)104-70(121)53(24-18-39-99-86(94)95)103-76(127)60(43-63(93)119)109-83(134)68(88(9,10)139)115-77(128)59(42-49-27-29-50(118)30-28-49)108-80(131)65(46(6)12-2)113-81(132)66(47(7)13-3)112-79(130)62-26-20-41-116(62)84(135)64(45(4)5)111-69(120)51-23-17-38-98-51/h27-30,45-48,51-62,64-68,98,117-118,138-139H,11-26,31-44,89-92H2,1-10H3,(H2,93,119)(H,101,125)(H,102,124)(H,103,127)(H,104,121)(H,105,129)(H,106,133)(H,107,122)(H,108,131)(H,109,134)(H,110,123)(H,111,120)(H,112,130)(H,113,132)(H,114,126)(H,115,128)(H,136,137)(H4,94,95,99)(H4,96,97,100)/t46-,47-,48+,51-,52-,53-,54-,55-,56+,57-,58-,59-,60-,61-,62-,64-,65-,66-,67-,68+/m0/s1. The third kappa shape index (κ3) is 42.2. The van der Waals surface area contributed by atoms with Crippen LogP contribution in [0.5, 0.6) is 5.75 Å². The van der Waals surface area contributed by atoms with Gasteiger partial charge in [0.15, 0.2) is 11.9 Å². The van der Waals surface area contributed by atoms with Gasteiger partial charge in [-0.05, 0) is 185 Å². The number of amides is 17. The largest absolute Gasteiger partial charge is 0.508 e. The first-order chi connectivity index (χ1) is 65.6. The Morgan fingerprint density at radius 3 is 1.28 bits per heavy atom. The van der Waals surface area contributed by atoms with E-state index in [0.717, 1.165) is 13.3 Å². The van der Waals surface area contributed by atoms with Crippen molar-refractivity contribution in [2.75, 3.05) is 58.1 Å². The van der Waals surface area contributed by atoms with Crippen LogP contribution in [0.2, 0.25) is 0 Å².